The SMILES string of the molecule is NC(=O)c1ccc(OCC(=O)Nc2cccc(CC(=O)O)c2)cc1. The number of amides is 2. The van der Waals surface area contributed by atoms with Gasteiger partial charge in [-0.15, -0.1) is 0 Å². The van der Waals surface area contributed by atoms with Crippen LogP contribution in [0.15, 0.2) is 48.5 Å². The summed E-state index contributed by atoms with van der Waals surface area (Å²) < 4.78 is 5.31. The predicted molar refractivity (Wildman–Crippen MR) is 86.9 cm³/mol. The van der Waals surface area contributed by atoms with Gasteiger partial charge in [0.25, 0.3) is 5.91 Å². The second kappa shape index (κ2) is 7.77. The lowest BCUT2D eigenvalue weighted by molar-refractivity contribution is -0.136. The van der Waals surface area contributed by atoms with Gasteiger partial charge in [0.1, 0.15) is 5.75 Å². The van der Waals surface area contributed by atoms with Crippen LogP contribution in [0.1, 0.15) is 15.9 Å². The highest BCUT2D eigenvalue weighted by Gasteiger charge is 2.07. The number of nitrogens with two attached hydrogens (primary N) is 1. The molecular weight excluding hydrogens is 312 g/mol. The fourth-order valence-corrected chi connectivity index (χ4v) is 2.00. The Balaban J connectivity index is 1.89. The van der Waals surface area contributed by atoms with Gasteiger partial charge in [0.2, 0.25) is 5.91 Å². The number of anilines is 1. The number of hydrogen-bond donors (Lipinski definition) is 3. The molecule has 2 aromatic rings. The molecule has 0 heterocycles. The number of aliphatic carboxylic acids is 1. The van der Waals surface area contributed by atoms with Crippen molar-refractivity contribution < 1.29 is 24.2 Å². The van der Waals surface area contributed by atoms with Gasteiger partial charge in [-0.2, -0.15) is 0 Å². The summed E-state index contributed by atoms with van der Waals surface area (Å²) in [5, 5.41) is 11.4. The van der Waals surface area contributed by atoms with Gasteiger partial charge < -0.3 is 20.9 Å². The number of carboxylic acids is 1. The van der Waals surface area contributed by atoms with Gasteiger partial charge in [-0.25, -0.2) is 0 Å². The Hall–Kier alpha value is -3.35. The number of nitrogens with one attached hydrogen (secondary N) is 1. The topological polar surface area (TPSA) is 119 Å². The minimum Gasteiger partial charge on any atom is -0.484 e. The Morgan fingerprint density at radius 2 is 1.79 bits per heavy atom. The summed E-state index contributed by atoms with van der Waals surface area (Å²) in [6.45, 7) is -0.223. The molecule has 124 valence electrons. The molecule has 2 amide bonds. The maximum absolute atomic E-state index is 11.9. The van der Waals surface area contributed by atoms with Crippen molar-refractivity contribution in [1.29, 1.82) is 0 Å². The molecule has 24 heavy (non-hydrogen) atoms. The van der Waals surface area contributed by atoms with Crippen molar-refractivity contribution >= 4 is 23.5 Å². The van der Waals surface area contributed by atoms with Crippen LogP contribution in [0.2, 0.25) is 0 Å². The molecule has 0 radical (unpaired) electrons. The van der Waals surface area contributed by atoms with Crippen LogP contribution in [-0.4, -0.2) is 29.5 Å². The fraction of sp³-hybridized carbons (Fsp3) is 0.118. The summed E-state index contributed by atoms with van der Waals surface area (Å²) in [5.74, 6) is -1.45. The maximum atomic E-state index is 11.9. The monoisotopic (exact) mass is 328 g/mol. The lowest BCUT2D eigenvalue weighted by Gasteiger charge is -2.08. The summed E-state index contributed by atoms with van der Waals surface area (Å²) in [6, 6.07) is 12.7. The molecule has 0 atom stereocenters. The van der Waals surface area contributed by atoms with E-state index in [-0.39, 0.29) is 18.9 Å². The van der Waals surface area contributed by atoms with E-state index >= 15 is 0 Å². The Bertz CT molecular complexity index is 756. The zero-order valence-corrected chi connectivity index (χ0v) is 12.7. The van der Waals surface area contributed by atoms with Gasteiger partial charge in [0.15, 0.2) is 6.61 Å². The number of hydrogen-bond acceptors (Lipinski definition) is 4. The summed E-state index contributed by atoms with van der Waals surface area (Å²) in [5.41, 5.74) is 6.56. The van der Waals surface area contributed by atoms with Crippen LogP contribution < -0.4 is 15.8 Å². The maximum Gasteiger partial charge on any atom is 0.307 e. The van der Waals surface area contributed by atoms with Crippen molar-refractivity contribution in [3.8, 4) is 5.75 Å². The molecule has 2 aromatic carbocycles. The standard InChI is InChI=1S/C17H16N2O5/c18-17(23)12-4-6-14(7-5-12)24-10-15(20)19-13-3-1-2-11(8-13)9-16(21)22/h1-8H,9-10H2,(H2,18,23)(H,19,20)(H,21,22). The molecule has 4 N–H and O–H groups in total. The third kappa shape index (κ3) is 5.13. The molecule has 0 aromatic heterocycles. The molecule has 7 heteroatoms. The Morgan fingerprint density at radius 3 is 2.42 bits per heavy atom. The lowest BCUT2D eigenvalue weighted by Crippen LogP contribution is -2.20. The lowest BCUT2D eigenvalue weighted by atomic mass is 10.1. The molecule has 0 saturated heterocycles. The number of carbonyl (C=O) groups excluding carboxylic acids is 2. The molecule has 7 nitrogen and oxygen atoms in total. The van der Waals surface area contributed by atoms with E-state index in [2.05, 4.69) is 5.32 Å². The van der Waals surface area contributed by atoms with Gasteiger partial charge in [-0.05, 0) is 42.0 Å². The van der Waals surface area contributed by atoms with Crippen LogP contribution in [-0.2, 0) is 16.0 Å². The number of primary amides is 1. The van der Waals surface area contributed by atoms with Gasteiger partial charge in [-0.3, -0.25) is 14.4 Å². The first-order chi connectivity index (χ1) is 11.4. The van der Waals surface area contributed by atoms with Crippen molar-refractivity contribution in [2.45, 2.75) is 6.42 Å². The number of ether oxygens (including phenoxy) is 1. The Morgan fingerprint density at radius 1 is 1.08 bits per heavy atom. The average molecular weight is 328 g/mol. The highest BCUT2D eigenvalue weighted by molar-refractivity contribution is 5.93. The van der Waals surface area contributed by atoms with Crippen molar-refractivity contribution in [3.05, 3.63) is 59.7 Å². The fourth-order valence-electron chi connectivity index (χ4n) is 2.00. The molecule has 0 bridgehead atoms. The van der Waals surface area contributed by atoms with Crippen molar-refractivity contribution in [3.63, 3.8) is 0 Å². The summed E-state index contributed by atoms with van der Waals surface area (Å²) in [4.78, 5) is 33.5. The highest BCUT2D eigenvalue weighted by atomic mass is 16.5. The van der Waals surface area contributed by atoms with Gasteiger partial charge in [0, 0.05) is 11.3 Å². The molecule has 2 rings (SSSR count). The van der Waals surface area contributed by atoms with Crippen LogP contribution in [0.5, 0.6) is 5.75 Å². The smallest absolute Gasteiger partial charge is 0.307 e. The minimum absolute atomic E-state index is 0.119. The van der Waals surface area contributed by atoms with Gasteiger partial charge >= 0.3 is 5.97 Å². The third-order valence-corrected chi connectivity index (χ3v) is 3.07. The molecule has 0 unspecified atom stereocenters. The van der Waals surface area contributed by atoms with E-state index in [4.69, 9.17) is 15.6 Å². The van der Waals surface area contributed by atoms with Crippen molar-refractivity contribution in [2.24, 2.45) is 5.73 Å². The second-order valence-corrected chi connectivity index (χ2v) is 5.00. The van der Waals surface area contributed by atoms with E-state index in [1.807, 2.05) is 0 Å². The number of benzene rings is 2. The number of rotatable bonds is 7. The van der Waals surface area contributed by atoms with Crippen molar-refractivity contribution in [2.75, 3.05) is 11.9 Å². The van der Waals surface area contributed by atoms with E-state index in [0.29, 0.717) is 22.6 Å². The Kier molecular flexibility index (Phi) is 5.51. The van der Waals surface area contributed by atoms with E-state index in [9.17, 15) is 14.4 Å². The molecular formula is C17H16N2O5. The summed E-state index contributed by atoms with van der Waals surface area (Å²) in [6.07, 6.45) is -0.119. The zero-order chi connectivity index (χ0) is 17.5. The van der Waals surface area contributed by atoms with Crippen LogP contribution in [0.3, 0.4) is 0 Å². The molecule has 0 aliphatic carbocycles. The van der Waals surface area contributed by atoms with E-state index in [0.717, 1.165) is 0 Å². The average Bonchev–Trinajstić information content (AvgIpc) is 2.53. The first-order valence-corrected chi connectivity index (χ1v) is 7.07. The van der Waals surface area contributed by atoms with Crippen molar-refractivity contribution in [1.82, 2.24) is 0 Å². The number of carbonyl (C=O) groups is 3. The van der Waals surface area contributed by atoms with Gasteiger partial charge in [0.05, 0.1) is 6.42 Å². The molecule has 0 saturated carbocycles. The normalized spacial score (nSPS) is 10.0. The van der Waals surface area contributed by atoms with Crippen LogP contribution in [0, 0.1) is 0 Å². The van der Waals surface area contributed by atoms with Crippen LogP contribution in [0.25, 0.3) is 0 Å². The summed E-state index contributed by atoms with van der Waals surface area (Å²) in [7, 11) is 0. The molecule has 0 aliphatic rings. The Labute approximate surface area is 138 Å². The zero-order valence-electron chi connectivity index (χ0n) is 12.7. The molecule has 0 fully saturated rings. The van der Waals surface area contributed by atoms with E-state index in [1.54, 1.807) is 36.4 Å². The molecule has 0 spiro atoms. The first-order valence-electron chi connectivity index (χ1n) is 7.07. The quantitative estimate of drug-likeness (QED) is 0.710. The predicted octanol–water partition coefficient (Wildman–Crippen LogP) is 1.43. The van der Waals surface area contributed by atoms with E-state index < -0.39 is 11.9 Å². The first kappa shape index (κ1) is 17.0. The van der Waals surface area contributed by atoms with Crippen LogP contribution >= 0.6 is 0 Å². The highest BCUT2D eigenvalue weighted by Crippen LogP contribution is 2.13. The summed E-state index contributed by atoms with van der Waals surface area (Å²) >= 11 is 0. The third-order valence-electron chi connectivity index (χ3n) is 3.07. The van der Waals surface area contributed by atoms with Crippen LogP contribution in [0.4, 0.5) is 5.69 Å². The van der Waals surface area contributed by atoms with E-state index in [1.165, 1.54) is 12.1 Å². The minimum atomic E-state index is -0.943. The second-order valence-electron chi connectivity index (χ2n) is 5.00. The number of carboxylic acid groups (broad SMARTS) is 1. The largest absolute Gasteiger partial charge is 0.484 e. The molecule has 0 aliphatic heterocycles. The van der Waals surface area contributed by atoms with Gasteiger partial charge in [-0.1, -0.05) is 12.1 Å².